The molecule has 0 aliphatic heterocycles. The van der Waals surface area contributed by atoms with Crippen LogP contribution in [-0.2, 0) is 19.1 Å². The van der Waals surface area contributed by atoms with Gasteiger partial charge < -0.3 is 15.4 Å². The smallest absolute Gasteiger partial charge is 0.308 e. The van der Waals surface area contributed by atoms with Crippen molar-refractivity contribution in [3.63, 3.8) is 0 Å². The van der Waals surface area contributed by atoms with E-state index in [9.17, 15) is 14.4 Å². The minimum atomic E-state index is -0.541. The molecule has 0 atom stereocenters. The van der Waals surface area contributed by atoms with Gasteiger partial charge in [0, 0.05) is 17.9 Å². The van der Waals surface area contributed by atoms with E-state index in [0.717, 1.165) is 4.47 Å². The average Bonchev–Trinajstić information content (AvgIpc) is 2.39. The summed E-state index contributed by atoms with van der Waals surface area (Å²) in [6, 6.07) is 7.11. The maximum absolute atomic E-state index is 11.6. The van der Waals surface area contributed by atoms with Gasteiger partial charge in [-0.15, -0.1) is 0 Å². The first kappa shape index (κ1) is 16.2. The monoisotopic (exact) mass is 342 g/mol. The van der Waals surface area contributed by atoms with Crippen LogP contribution in [0, 0.1) is 0 Å². The molecule has 0 aromatic heterocycles. The van der Waals surface area contributed by atoms with Crippen LogP contribution in [0.1, 0.15) is 13.3 Å². The summed E-state index contributed by atoms with van der Waals surface area (Å²) in [4.78, 5) is 33.5. The van der Waals surface area contributed by atoms with Gasteiger partial charge in [0.15, 0.2) is 6.61 Å². The highest BCUT2D eigenvalue weighted by Gasteiger charge is 2.09. The molecule has 0 heterocycles. The Labute approximate surface area is 125 Å². The van der Waals surface area contributed by atoms with E-state index in [1.807, 2.05) is 6.07 Å². The molecule has 0 bridgehead atoms. The van der Waals surface area contributed by atoms with Crippen LogP contribution in [-0.4, -0.2) is 30.9 Å². The first-order valence-electron chi connectivity index (χ1n) is 5.93. The molecule has 0 aliphatic rings. The van der Waals surface area contributed by atoms with Crippen LogP contribution in [0.4, 0.5) is 5.69 Å². The standard InChI is InChI=1S/C13H15BrN2O4/c1-9(17)15-7-6-13(19)20-8-12(18)16-11-5-3-2-4-10(11)14/h2-5H,6-8H2,1H3,(H,15,17)(H,16,18). The molecular weight excluding hydrogens is 328 g/mol. The fourth-order valence-electron chi connectivity index (χ4n) is 1.31. The molecular formula is C13H15BrN2O4. The maximum Gasteiger partial charge on any atom is 0.308 e. The third-order valence-electron chi connectivity index (χ3n) is 2.22. The second-order valence-electron chi connectivity index (χ2n) is 3.92. The molecule has 1 aromatic carbocycles. The Morgan fingerprint density at radius 2 is 1.95 bits per heavy atom. The lowest BCUT2D eigenvalue weighted by atomic mass is 10.3. The molecule has 0 spiro atoms. The Morgan fingerprint density at radius 3 is 2.60 bits per heavy atom. The maximum atomic E-state index is 11.6. The summed E-state index contributed by atoms with van der Waals surface area (Å²) in [7, 11) is 0. The van der Waals surface area contributed by atoms with E-state index in [4.69, 9.17) is 4.74 Å². The third-order valence-corrected chi connectivity index (χ3v) is 2.91. The molecule has 6 nitrogen and oxygen atoms in total. The first-order valence-corrected chi connectivity index (χ1v) is 6.73. The molecule has 7 heteroatoms. The van der Waals surface area contributed by atoms with Crippen LogP contribution in [0.3, 0.4) is 0 Å². The molecule has 108 valence electrons. The number of halogens is 1. The molecule has 0 saturated carbocycles. The number of esters is 1. The Balaban J connectivity index is 2.28. The van der Waals surface area contributed by atoms with Crippen molar-refractivity contribution >= 4 is 39.4 Å². The highest BCUT2D eigenvalue weighted by Crippen LogP contribution is 2.20. The molecule has 20 heavy (non-hydrogen) atoms. The summed E-state index contributed by atoms with van der Waals surface area (Å²) in [5, 5.41) is 5.07. The second kappa shape index (κ2) is 8.31. The van der Waals surface area contributed by atoms with Crippen molar-refractivity contribution in [2.24, 2.45) is 0 Å². The lowest BCUT2D eigenvalue weighted by Gasteiger charge is -2.08. The number of ether oxygens (including phenoxy) is 1. The molecule has 0 unspecified atom stereocenters. The van der Waals surface area contributed by atoms with Crippen LogP contribution < -0.4 is 10.6 Å². The second-order valence-corrected chi connectivity index (χ2v) is 4.78. The zero-order valence-corrected chi connectivity index (χ0v) is 12.5. The topological polar surface area (TPSA) is 84.5 Å². The van der Waals surface area contributed by atoms with Gasteiger partial charge in [-0.1, -0.05) is 12.1 Å². The molecule has 0 saturated heterocycles. The van der Waals surface area contributed by atoms with Crippen LogP contribution >= 0.6 is 15.9 Å². The number of rotatable bonds is 6. The zero-order valence-electron chi connectivity index (χ0n) is 10.9. The molecule has 2 amide bonds. The minimum absolute atomic E-state index is 0.0297. The van der Waals surface area contributed by atoms with Crippen molar-refractivity contribution < 1.29 is 19.1 Å². The fraction of sp³-hybridized carbons (Fsp3) is 0.308. The van der Waals surface area contributed by atoms with Gasteiger partial charge in [-0.3, -0.25) is 14.4 Å². The van der Waals surface area contributed by atoms with Crippen LogP contribution in [0.25, 0.3) is 0 Å². The van der Waals surface area contributed by atoms with E-state index in [2.05, 4.69) is 26.6 Å². The number of amides is 2. The van der Waals surface area contributed by atoms with Crippen LogP contribution in [0.2, 0.25) is 0 Å². The third kappa shape index (κ3) is 6.33. The predicted octanol–water partition coefficient (Wildman–Crippen LogP) is 1.46. The summed E-state index contributed by atoms with van der Waals surface area (Å²) >= 11 is 3.29. The van der Waals surface area contributed by atoms with E-state index in [1.54, 1.807) is 18.2 Å². The Kier molecular flexibility index (Phi) is 6.72. The molecule has 0 aliphatic carbocycles. The highest BCUT2D eigenvalue weighted by atomic mass is 79.9. The summed E-state index contributed by atoms with van der Waals surface area (Å²) in [6.45, 7) is 1.19. The van der Waals surface area contributed by atoms with Gasteiger partial charge in [0.05, 0.1) is 12.1 Å². The van der Waals surface area contributed by atoms with Crippen molar-refractivity contribution in [1.82, 2.24) is 5.32 Å². The van der Waals surface area contributed by atoms with Crippen molar-refractivity contribution in [1.29, 1.82) is 0 Å². The van der Waals surface area contributed by atoms with Crippen molar-refractivity contribution in [3.8, 4) is 0 Å². The highest BCUT2D eigenvalue weighted by molar-refractivity contribution is 9.10. The first-order chi connectivity index (χ1) is 9.49. The summed E-state index contributed by atoms with van der Waals surface area (Å²) in [5.74, 6) is -1.18. The number of nitrogens with one attached hydrogen (secondary N) is 2. The summed E-state index contributed by atoms with van der Waals surface area (Å²) in [6.07, 6.45) is 0.0297. The van der Waals surface area contributed by atoms with Gasteiger partial charge in [-0.25, -0.2) is 0 Å². The summed E-state index contributed by atoms with van der Waals surface area (Å²) < 4.78 is 5.52. The zero-order chi connectivity index (χ0) is 15.0. The number of anilines is 1. The van der Waals surface area contributed by atoms with Crippen molar-refractivity contribution in [3.05, 3.63) is 28.7 Å². The van der Waals surface area contributed by atoms with Gasteiger partial charge in [0.2, 0.25) is 5.91 Å². The van der Waals surface area contributed by atoms with E-state index in [0.29, 0.717) is 5.69 Å². The van der Waals surface area contributed by atoms with E-state index < -0.39 is 11.9 Å². The van der Waals surface area contributed by atoms with Crippen molar-refractivity contribution in [2.75, 3.05) is 18.5 Å². The van der Waals surface area contributed by atoms with Gasteiger partial charge in [-0.05, 0) is 28.1 Å². The van der Waals surface area contributed by atoms with Gasteiger partial charge >= 0.3 is 5.97 Å². The quantitative estimate of drug-likeness (QED) is 0.766. The lowest BCUT2D eigenvalue weighted by Crippen LogP contribution is -2.25. The van der Waals surface area contributed by atoms with Crippen molar-refractivity contribution in [2.45, 2.75) is 13.3 Å². The Bertz CT molecular complexity index is 505. The van der Waals surface area contributed by atoms with Crippen LogP contribution in [0.15, 0.2) is 28.7 Å². The Hall–Kier alpha value is -1.89. The van der Waals surface area contributed by atoms with E-state index in [-0.39, 0.29) is 25.5 Å². The molecule has 1 rings (SSSR count). The van der Waals surface area contributed by atoms with E-state index >= 15 is 0 Å². The Morgan fingerprint density at radius 1 is 1.25 bits per heavy atom. The molecule has 1 aromatic rings. The molecule has 0 fully saturated rings. The number of carbonyl (C=O) groups is 3. The molecule has 0 radical (unpaired) electrons. The van der Waals surface area contributed by atoms with Crippen LogP contribution in [0.5, 0.6) is 0 Å². The molecule has 2 N–H and O–H groups in total. The number of carbonyl (C=O) groups excluding carboxylic acids is 3. The average molecular weight is 343 g/mol. The number of hydrogen-bond acceptors (Lipinski definition) is 4. The minimum Gasteiger partial charge on any atom is -0.456 e. The SMILES string of the molecule is CC(=O)NCCC(=O)OCC(=O)Nc1ccccc1Br. The normalized spacial score (nSPS) is 9.70. The van der Waals surface area contributed by atoms with E-state index in [1.165, 1.54) is 6.92 Å². The summed E-state index contributed by atoms with van der Waals surface area (Å²) in [5.41, 5.74) is 0.604. The lowest BCUT2D eigenvalue weighted by molar-refractivity contribution is -0.147. The number of hydrogen-bond donors (Lipinski definition) is 2. The number of benzene rings is 1. The van der Waals surface area contributed by atoms with Gasteiger partial charge in [0.1, 0.15) is 0 Å². The largest absolute Gasteiger partial charge is 0.456 e. The van der Waals surface area contributed by atoms with Gasteiger partial charge in [0.25, 0.3) is 5.91 Å². The van der Waals surface area contributed by atoms with Gasteiger partial charge in [-0.2, -0.15) is 0 Å². The fourth-order valence-corrected chi connectivity index (χ4v) is 1.69. The number of para-hydroxylation sites is 1. The predicted molar refractivity (Wildman–Crippen MR) is 77.0 cm³/mol.